The van der Waals surface area contributed by atoms with Gasteiger partial charge in [0.05, 0.1) is 19.4 Å². The van der Waals surface area contributed by atoms with E-state index in [9.17, 15) is 14.4 Å². The second kappa shape index (κ2) is 6.83. The van der Waals surface area contributed by atoms with Gasteiger partial charge >= 0.3 is 18.0 Å². The Hall–Kier alpha value is -1.79. The quantitative estimate of drug-likeness (QED) is 0.607. The lowest BCUT2D eigenvalue weighted by Crippen LogP contribution is -2.45. The van der Waals surface area contributed by atoms with Gasteiger partial charge in [0.1, 0.15) is 0 Å². The Bertz CT molecular complexity index is 331. The van der Waals surface area contributed by atoms with Gasteiger partial charge in [-0.15, -0.1) is 0 Å². The number of esters is 1. The van der Waals surface area contributed by atoms with E-state index in [1.807, 2.05) is 0 Å². The van der Waals surface area contributed by atoms with Crippen LogP contribution < -0.4 is 10.6 Å². The minimum absolute atomic E-state index is 0.0942. The highest BCUT2D eigenvalue weighted by Gasteiger charge is 2.33. The van der Waals surface area contributed by atoms with E-state index < -0.39 is 23.9 Å². The molecule has 1 aliphatic rings. The van der Waals surface area contributed by atoms with E-state index in [4.69, 9.17) is 5.11 Å². The zero-order valence-electron chi connectivity index (χ0n) is 10.3. The number of nitrogens with one attached hydrogen (secondary N) is 2. The maximum Gasteiger partial charge on any atom is 0.315 e. The molecule has 0 heterocycles. The predicted molar refractivity (Wildman–Crippen MR) is 61.9 cm³/mol. The standard InChI is InChI=1S/C11H18N2O5/c1-18-9(14)5-6-12-11(17)13-8-4-2-3-7(8)10(15)16/h7-8H,2-6H2,1H3,(H,15,16)(H2,12,13,17). The molecule has 0 radical (unpaired) electrons. The third-order valence-electron chi connectivity index (χ3n) is 2.99. The van der Waals surface area contributed by atoms with E-state index in [0.717, 1.165) is 6.42 Å². The van der Waals surface area contributed by atoms with Gasteiger partial charge in [0.25, 0.3) is 0 Å². The first-order valence-corrected chi connectivity index (χ1v) is 5.88. The average molecular weight is 258 g/mol. The highest BCUT2D eigenvalue weighted by atomic mass is 16.5. The zero-order chi connectivity index (χ0) is 13.5. The van der Waals surface area contributed by atoms with E-state index in [1.165, 1.54) is 7.11 Å². The van der Waals surface area contributed by atoms with Crippen LogP contribution in [0.3, 0.4) is 0 Å². The van der Waals surface area contributed by atoms with Crippen LogP contribution in [-0.2, 0) is 14.3 Å². The van der Waals surface area contributed by atoms with E-state index in [1.54, 1.807) is 0 Å². The lowest BCUT2D eigenvalue weighted by Gasteiger charge is -2.17. The molecule has 7 heteroatoms. The van der Waals surface area contributed by atoms with Crippen molar-refractivity contribution in [2.24, 2.45) is 5.92 Å². The van der Waals surface area contributed by atoms with Crippen molar-refractivity contribution in [3.8, 4) is 0 Å². The van der Waals surface area contributed by atoms with Crippen LogP contribution in [-0.4, -0.2) is 42.8 Å². The van der Waals surface area contributed by atoms with Crippen molar-refractivity contribution in [1.82, 2.24) is 10.6 Å². The largest absolute Gasteiger partial charge is 0.481 e. The van der Waals surface area contributed by atoms with Gasteiger partial charge in [-0.05, 0) is 12.8 Å². The number of methoxy groups -OCH3 is 1. The number of amides is 2. The summed E-state index contributed by atoms with van der Waals surface area (Å²) in [5.41, 5.74) is 0. The second-order valence-corrected chi connectivity index (χ2v) is 4.21. The summed E-state index contributed by atoms with van der Waals surface area (Å²) < 4.78 is 4.43. The molecule has 18 heavy (non-hydrogen) atoms. The Labute approximate surface area is 105 Å². The van der Waals surface area contributed by atoms with Crippen LogP contribution in [0.15, 0.2) is 0 Å². The van der Waals surface area contributed by atoms with E-state index in [2.05, 4.69) is 15.4 Å². The van der Waals surface area contributed by atoms with Crippen molar-refractivity contribution in [1.29, 1.82) is 0 Å². The topological polar surface area (TPSA) is 105 Å². The number of rotatable bonds is 5. The number of carbonyl (C=O) groups excluding carboxylic acids is 2. The average Bonchev–Trinajstić information content (AvgIpc) is 2.76. The summed E-state index contributed by atoms with van der Waals surface area (Å²) in [7, 11) is 1.28. The van der Waals surface area contributed by atoms with Crippen LogP contribution in [0.2, 0.25) is 0 Å². The second-order valence-electron chi connectivity index (χ2n) is 4.21. The van der Waals surface area contributed by atoms with Gasteiger partial charge in [0.15, 0.2) is 0 Å². The Morgan fingerprint density at radius 3 is 2.67 bits per heavy atom. The first kappa shape index (κ1) is 14.3. The molecule has 1 rings (SSSR count). The Balaban J connectivity index is 2.27. The molecule has 2 atom stereocenters. The first-order valence-electron chi connectivity index (χ1n) is 5.88. The lowest BCUT2D eigenvalue weighted by atomic mass is 10.0. The fraction of sp³-hybridized carbons (Fsp3) is 0.727. The van der Waals surface area contributed by atoms with Gasteiger partial charge in [-0.3, -0.25) is 9.59 Å². The third kappa shape index (κ3) is 4.23. The molecule has 2 unspecified atom stereocenters. The first-order chi connectivity index (χ1) is 8.54. The number of ether oxygens (including phenoxy) is 1. The Morgan fingerprint density at radius 2 is 2.06 bits per heavy atom. The molecule has 1 aliphatic carbocycles. The van der Waals surface area contributed by atoms with Crippen LogP contribution >= 0.6 is 0 Å². The molecule has 1 saturated carbocycles. The van der Waals surface area contributed by atoms with Gasteiger partial charge in [-0.2, -0.15) is 0 Å². The van der Waals surface area contributed by atoms with Crippen molar-refractivity contribution < 1.29 is 24.2 Å². The maximum atomic E-state index is 11.5. The third-order valence-corrected chi connectivity index (χ3v) is 2.99. The number of urea groups is 1. The van der Waals surface area contributed by atoms with Gasteiger partial charge in [0.2, 0.25) is 0 Å². The van der Waals surface area contributed by atoms with Gasteiger partial charge in [-0.1, -0.05) is 6.42 Å². The van der Waals surface area contributed by atoms with Gasteiger partial charge < -0.3 is 20.5 Å². The normalized spacial score (nSPS) is 22.3. The minimum atomic E-state index is -0.882. The molecule has 3 N–H and O–H groups in total. The van der Waals surface area contributed by atoms with Gasteiger partial charge in [-0.25, -0.2) is 4.79 Å². The molecule has 0 saturated heterocycles. The van der Waals surface area contributed by atoms with Gasteiger partial charge in [0, 0.05) is 12.6 Å². The molecule has 7 nitrogen and oxygen atoms in total. The van der Waals surface area contributed by atoms with Crippen molar-refractivity contribution in [3.63, 3.8) is 0 Å². The van der Waals surface area contributed by atoms with Crippen molar-refractivity contribution in [3.05, 3.63) is 0 Å². The predicted octanol–water partition coefficient (Wildman–Crippen LogP) is 0.102. The number of aliphatic carboxylic acids is 1. The smallest absolute Gasteiger partial charge is 0.315 e. The molecule has 0 aromatic heterocycles. The van der Waals surface area contributed by atoms with Crippen LogP contribution in [0.5, 0.6) is 0 Å². The SMILES string of the molecule is COC(=O)CCNC(=O)NC1CCCC1C(=O)O. The van der Waals surface area contributed by atoms with Crippen molar-refractivity contribution in [2.75, 3.05) is 13.7 Å². The highest BCUT2D eigenvalue weighted by molar-refractivity contribution is 5.77. The molecule has 0 bridgehead atoms. The summed E-state index contributed by atoms with van der Waals surface area (Å²) in [4.78, 5) is 33.2. The maximum absolute atomic E-state index is 11.5. The Morgan fingerprint density at radius 1 is 1.33 bits per heavy atom. The summed E-state index contributed by atoms with van der Waals surface area (Å²) in [6.45, 7) is 0.170. The number of carboxylic acid groups (broad SMARTS) is 1. The summed E-state index contributed by atoms with van der Waals surface area (Å²) in [6.07, 6.45) is 2.14. The lowest BCUT2D eigenvalue weighted by molar-refractivity contribution is -0.142. The fourth-order valence-corrected chi connectivity index (χ4v) is 2.03. The number of carbonyl (C=O) groups is 3. The molecule has 2 amide bonds. The summed E-state index contributed by atoms with van der Waals surface area (Å²) in [5, 5.41) is 14.1. The molecule has 0 spiro atoms. The Kier molecular flexibility index (Phi) is 5.41. The molecule has 0 aliphatic heterocycles. The van der Waals surface area contributed by atoms with Crippen LogP contribution in [0.4, 0.5) is 4.79 Å². The van der Waals surface area contributed by atoms with Crippen LogP contribution in [0, 0.1) is 5.92 Å². The number of hydrogen-bond acceptors (Lipinski definition) is 4. The fourth-order valence-electron chi connectivity index (χ4n) is 2.03. The number of carboxylic acids is 1. The number of hydrogen-bond donors (Lipinski definition) is 3. The zero-order valence-corrected chi connectivity index (χ0v) is 10.3. The van der Waals surface area contributed by atoms with E-state index in [0.29, 0.717) is 12.8 Å². The highest BCUT2D eigenvalue weighted by Crippen LogP contribution is 2.25. The van der Waals surface area contributed by atoms with E-state index >= 15 is 0 Å². The molecular weight excluding hydrogens is 240 g/mol. The molecule has 1 fully saturated rings. The van der Waals surface area contributed by atoms with Crippen molar-refractivity contribution in [2.45, 2.75) is 31.7 Å². The summed E-state index contributed by atoms with van der Waals surface area (Å²) in [6, 6.07) is -0.780. The van der Waals surface area contributed by atoms with E-state index in [-0.39, 0.29) is 19.0 Å². The molecule has 0 aromatic carbocycles. The van der Waals surface area contributed by atoms with Crippen LogP contribution in [0.1, 0.15) is 25.7 Å². The van der Waals surface area contributed by atoms with Crippen LogP contribution in [0.25, 0.3) is 0 Å². The molecular formula is C11H18N2O5. The monoisotopic (exact) mass is 258 g/mol. The summed E-state index contributed by atoms with van der Waals surface area (Å²) in [5.74, 6) is -1.80. The molecule has 102 valence electrons. The minimum Gasteiger partial charge on any atom is -0.481 e. The molecule has 0 aromatic rings. The summed E-state index contributed by atoms with van der Waals surface area (Å²) >= 11 is 0. The van der Waals surface area contributed by atoms with Crippen molar-refractivity contribution >= 4 is 18.0 Å².